The standard InChI is InChI=1S/C23H24ClN3O5/c1-12-9-16(29)14(11-15(12)24)20-19-21(26-25-20)23(30)27(7-4-8-28)22(19)13-5-6-17(31-2)18(10-13)32-3/h5-6,9-11,22,28-29H,4,7-8H2,1-3H3,(H,25,26). The second-order valence-corrected chi connectivity index (χ2v) is 7.98. The van der Waals surface area contributed by atoms with Crippen LogP contribution in [0.4, 0.5) is 0 Å². The van der Waals surface area contributed by atoms with Crippen LogP contribution in [-0.2, 0) is 0 Å². The normalized spacial score (nSPS) is 15.2. The highest BCUT2D eigenvalue weighted by Gasteiger charge is 2.42. The van der Waals surface area contributed by atoms with E-state index in [1.807, 2.05) is 12.1 Å². The van der Waals surface area contributed by atoms with Gasteiger partial charge in [-0.05, 0) is 48.7 Å². The lowest BCUT2D eigenvalue weighted by Crippen LogP contribution is -2.31. The monoisotopic (exact) mass is 457 g/mol. The number of aliphatic hydroxyl groups is 1. The summed E-state index contributed by atoms with van der Waals surface area (Å²) in [4.78, 5) is 14.9. The summed E-state index contributed by atoms with van der Waals surface area (Å²) in [7, 11) is 3.10. The largest absolute Gasteiger partial charge is 0.507 e. The average Bonchev–Trinajstić information content (AvgIpc) is 3.33. The van der Waals surface area contributed by atoms with E-state index in [1.165, 1.54) is 0 Å². The van der Waals surface area contributed by atoms with Crippen LogP contribution in [0.25, 0.3) is 11.3 Å². The molecule has 168 valence electrons. The molecule has 3 aromatic rings. The molecule has 3 N–H and O–H groups in total. The number of methoxy groups -OCH3 is 2. The van der Waals surface area contributed by atoms with Crippen molar-refractivity contribution in [1.82, 2.24) is 15.1 Å². The van der Waals surface area contributed by atoms with E-state index >= 15 is 0 Å². The summed E-state index contributed by atoms with van der Waals surface area (Å²) in [6, 6.07) is 8.17. The number of halogens is 1. The van der Waals surface area contributed by atoms with Gasteiger partial charge >= 0.3 is 0 Å². The average molecular weight is 458 g/mol. The van der Waals surface area contributed by atoms with E-state index in [-0.39, 0.29) is 18.3 Å². The summed E-state index contributed by atoms with van der Waals surface area (Å²) in [5.74, 6) is 0.885. The molecule has 8 nitrogen and oxygen atoms in total. The van der Waals surface area contributed by atoms with Crippen molar-refractivity contribution in [1.29, 1.82) is 0 Å². The molecule has 9 heteroatoms. The van der Waals surface area contributed by atoms with Gasteiger partial charge in [0.05, 0.1) is 20.3 Å². The van der Waals surface area contributed by atoms with Crippen LogP contribution in [0.1, 0.15) is 39.6 Å². The smallest absolute Gasteiger partial charge is 0.273 e. The van der Waals surface area contributed by atoms with Crippen molar-refractivity contribution in [3.63, 3.8) is 0 Å². The van der Waals surface area contributed by atoms with Crippen molar-refractivity contribution in [2.24, 2.45) is 0 Å². The molecule has 0 bridgehead atoms. The highest BCUT2D eigenvalue weighted by Crippen LogP contribution is 2.46. The van der Waals surface area contributed by atoms with E-state index in [9.17, 15) is 15.0 Å². The summed E-state index contributed by atoms with van der Waals surface area (Å²) in [6.45, 7) is 2.10. The van der Waals surface area contributed by atoms with Crippen LogP contribution in [0.5, 0.6) is 17.2 Å². The van der Waals surface area contributed by atoms with Gasteiger partial charge in [-0.3, -0.25) is 9.89 Å². The number of ether oxygens (including phenoxy) is 2. The molecule has 0 fully saturated rings. The van der Waals surface area contributed by atoms with Crippen LogP contribution >= 0.6 is 11.6 Å². The van der Waals surface area contributed by atoms with E-state index in [0.29, 0.717) is 52.0 Å². The number of aromatic nitrogens is 2. The topological polar surface area (TPSA) is 108 Å². The number of rotatable bonds is 7. The number of aromatic amines is 1. The fourth-order valence-electron chi connectivity index (χ4n) is 4.10. The molecule has 2 heterocycles. The fourth-order valence-corrected chi connectivity index (χ4v) is 4.26. The first-order chi connectivity index (χ1) is 15.4. The maximum Gasteiger partial charge on any atom is 0.273 e. The molecule has 1 aliphatic rings. The van der Waals surface area contributed by atoms with Crippen LogP contribution in [0.2, 0.25) is 5.02 Å². The highest BCUT2D eigenvalue weighted by atomic mass is 35.5. The summed E-state index contributed by atoms with van der Waals surface area (Å²) in [5.41, 5.74) is 3.37. The lowest BCUT2D eigenvalue weighted by atomic mass is 9.95. The number of aryl methyl sites for hydroxylation is 1. The van der Waals surface area contributed by atoms with E-state index in [2.05, 4.69) is 10.2 Å². The summed E-state index contributed by atoms with van der Waals surface area (Å²) in [5, 5.41) is 27.7. The summed E-state index contributed by atoms with van der Waals surface area (Å²) >= 11 is 6.32. The Hall–Kier alpha value is -3.23. The predicted molar refractivity (Wildman–Crippen MR) is 120 cm³/mol. The third-order valence-corrected chi connectivity index (χ3v) is 6.08. The van der Waals surface area contributed by atoms with E-state index < -0.39 is 6.04 Å². The fraction of sp³-hybridized carbons (Fsp3) is 0.304. The Morgan fingerprint density at radius 1 is 1.19 bits per heavy atom. The van der Waals surface area contributed by atoms with Crippen LogP contribution in [0.15, 0.2) is 30.3 Å². The number of amides is 1. The number of phenolic OH excluding ortho intramolecular Hbond substituents is 1. The number of hydrogen-bond acceptors (Lipinski definition) is 6. The molecule has 0 aliphatic carbocycles. The van der Waals surface area contributed by atoms with Crippen molar-refractivity contribution in [3.05, 3.63) is 57.7 Å². The molecule has 0 radical (unpaired) electrons. The number of nitrogens with zero attached hydrogens (tertiary/aromatic N) is 2. The molecule has 1 aliphatic heterocycles. The zero-order valence-electron chi connectivity index (χ0n) is 18.0. The summed E-state index contributed by atoms with van der Waals surface area (Å²) in [6.07, 6.45) is 0.421. The molecule has 0 saturated carbocycles. The molecular weight excluding hydrogens is 434 g/mol. The van der Waals surface area contributed by atoms with Gasteiger partial charge in [0.2, 0.25) is 0 Å². The predicted octanol–water partition coefficient (Wildman–Crippen LogP) is 3.69. The number of hydrogen-bond donors (Lipinski definition) is 3. The van der Waals surface area contributed by atoms with Gasteiger partial charge in [-0.25, -0.2) is 0 Å². The molecule has 2 aromatic carbocycles. The van der Waals surface area contributed by atoms with Crippen molar-refractivity contribution in [2.45, 2.75) is 19.4 Å². The van der Waals surface area contributed by atoms with E-state index in [1.54, 1.807) is 44.2 Å². The Bertz CT molecular complexity index is 1180. The maximum atomic E-state index is 13.2. The van der Waals surface area contributed by atoms with Crippen molar-refractivity contribution >= 4 is 17.5 Å². The third kappa shape index (κ3) is 3.55. The number of phenols is 1. The van der Waals surface area contributed by atoms with Gasteiger partial charge in [0.25, 0.3) is 5.91 Å². The number of aromatic hydroxyl groups is 1. The Balaban J connectivity index is 1.91. The molecule has 4 rings (SSSR count). The molecule has 1 atom stereocenters. The zero-order valence-corrected chi connectivity index (χ0v) is 18.7. The molecule has 0 saturated heterocycles. The highest BCUT2D eigenvalue weighted by molar-refractivity contribution is 6.31. The van der Waals surface area contributed by atoms with Crippen LogP contribution in [-0.4, -0.2) is 58.6 Å². The van der Waals surface area contributed by atoms with Crippen LogP contribution in [0.3, 0.4) is 0 Å². The lowest BCUT2D eigenvalue weighted by Gasteiger charge is -2.26. The van der Waals surface area contributed by atoms with E-state index in [4.69, 9.17) is 21.1 Å². The minimum atomic E-state index is -0.503. The number of benzene rings is 2. The van der Waals surface area contributed by atoms with Gasteiger partial charge in [0.15, 0.2) is 11.5 Å². The van der Waals surface area contributed by atoms with Gasteiger partial charge < -0.3 is 24.6 Å². The molecule has 0 spiro atoms. The number of carbonyl (C=O) groups excluding carboxylic acids is 1. The first kappa shape index (κ1) is 22.0. The van der Waals surface area contributed by atoms with E-state index in [0.717, 1.165) is 11.1 Å². The molecule has 1 aromatic heterocycles. The quantitative estimate of drug-likeness (QED) is 0.499. The third-order valence-electron chi connectivity index (χ3n) is 5.68. The second kappa shape index (κ2) is 8.72. The molecule has 32 heavy (non-hydrogen) atoms. The number of carbonyl (C=O) groups is 1. The van der Waals surface area contributed by atoms with Crippen LogP contribution in [0, 0.1) is 6.92 Å². The first-order valence-corrected chi connectivity index (χ1v) is 10.5. The molecule has 1 unspecified atom stereocenters. The van der Waals surface area contributed by atoms with Gasteiger partial charge in [-0.15, -0.1) is 0 Å². The van der Waals surface area contributed by atoms with Crippen molar-refractivity contribution in [2.75, 3.05) is 27.4 Å². The number of H-pyrrole nitrogens is 1. The Kier molecular flexibility index (Phi) is 5.99. The van der Waals surface area contributed by atoms with Gasteiger partial charge in [0.1, 0.15) is 17.1 Å². The van der Waals surface area contributed by atoms with Gasteiger partial charge in [-0.1, -0.05) is 17.7 Å². The minimum Gasteiger partial charge on any atom is -0.507 e. The Labute approximate surface area is 190 Å². The Morgan fingerprint density at radius 2 is 1.94 bits per heavy atom. The molecular formula is C23H24ClN3O5. The maximum absolute atomic E-state index is 13.2. The number of aliphatic hydroxyl groups excluding tert-OH is 1. The van der Waals surface area contributed by atoms with Crippen molar-refractivity contribution < 1.29 is 24.5 Å². The lowest BCUT2D eigenvalue weighted by molar-refractivity contribution is 0.0732. The Morgan fingerprint density at radius 3 is 2.62 bits per heavy atom. The summed E-state index contributed by atoms with van der Waals surface area (Å²) < 4.78 is 10.8. The van der Waals surface area contributed by atoms with Gasteiger partial charge in [-0.2, -0.15) is 5.10 Å². The van der Waals surface area contributed by atoms with Crippen molar-refractivity contribution in [3.8, 4) is 28.5 Å². The zero-order chi connectivity index (χ0) is 23.0. The SMILES string of the molecule is COc1ccc(C2c3c(-c4cc(Cl)c(C)cc4O)n[nH]c3C(=O)N2CCCO)cc1OC. The number of fused-ring (bicyclic) bond motifs is 1. The van der Waals surface area contributed by atoms with Crippen LogP contribution < -0.4 is 9.47 Å². The van der Waals surface area contributed by atoms with Gasteiger partial charge in [0, 0.05) is 29.3 Å². The second-order valence-electron chi connectivity index (χ2n) is 7.57. The minimum absolute atomic E-state index is 0.0218. The number of nitrogens with one attached hydrogen (secondary N) is 1. The first-order valence-electron chi connectivity index (χ1n) is 10.1. The molecule has 1 amide bonds.